The first-order valence-electron chi connectivity index (χ1n) is 10.2. The topological polar surface area (TPSA) is 99.2 Å². The molecule has 1 fully saturated rings. The third-order valence-electron chi connectivity index (χ3n) is 5.30. The molecule has 0 aliphatic carbocycles. The molecule has 1 aliphatic heterocycles. The Morgan fingerprint density at radius 2 is 1.97 bits per heavy atom. The van der Waals surface area contributed by atoms with Crippen molar-refractivity contribution in [1.82, 2.24) is 25.3 Å². The second-order valence-electron chi connectivity index (χ2n) is 7.78. The summed E-state index contributed by atoms with van der Waals surface area (Å²) in [4.78, 5) is 17.1. The van der Waals surface area contributed by atoms with Gasteiger partial charge in [0.1, 0.15) is 6.04 Å². The van der Waals surface area contributed by atoms with Crippen molar-refractivity contribution < 1.29 is 4.79 Å². The number of anilines is 3. The van der Waals surface area contributed by atoms with E-state index in [9.17, 15) is 4.79 Å². The Morgan fingerprint density at radius 3 is 2.71 bits per heavy atom. The average Bonchev–Trinajstić information content (AvgIpc) is 3.40. The third-order valence-corrected chi connectivity index (χ3v) is 6.07. The van der Waals surface area contributed by atoms with E-state index in [2.05, 4.69) is 35.9 Å². The van der Waals surface area contributed by atoms with Crippen LogP contribution in [-0.4, -0.2) is 64.4 Å². The lowest BCUT2D eigenvalue weighted by Gasteiger charge is -2.24. The average molecular weight is 439 g/mol. The summed E-state index contributed by atoms with van der Waals surface area (Å²) in [6.45, 7) is 3.73. The molecule has 31 heavy (non-hydrogen) atoms. The lowest BCUT2D eigenvalue weighted by atomic mass is 10.00. The molecule has 0 radical (unpaired) electrons. The summed E-state index contributed by atoms with van der Waals surface area (Å²) in [5.74, 6) is 0.750. The molecule has 0 bridgehead atoms. The Morgan fingerprint density at radius 1 is 1.16 bits per heavy atom. The maximum absolute atomic E-state index is 13.0. The van der Waals surface area contributed by atoms with Crippen LogP contribution in [0.2, 0.25) is 0 Å². The van der Waals surface area contributed by atoms with Gasteiger partial charge in [-0.2, -0.15) is 5.10 Å². The summed E-state index contributed by atoms with van der Waals surface area (Å²) < 4.78 is 0. The van der Waals surface area contributed by atoms with Crippen LogP contribution in [0.3, 0.4) is 0 Å². The Bertz CT molecular complexity index is 1020. The number of benzene rings is 1. The zero-order valence-corrected chi connectivity index (χ0v) is 18.6. The van der Waals surface area contributed by atoms with E-state index in [4.69, 9.17) is 0 Å². The molecule has 9 nitrogen and oxygen atoms in total. The minimum absolute atomic E-state index is 0.128. The smallest absolute Gasteiger partial charge is 0.248 e. The Balaban J connectivity index is 1.37. The highest BCUT2D eigenvalue weighted by Crippen LogP contribution is 2.27. The van der Waals surface area contributed by atoms with Crippen LogP contribution in [0, 0.1) is 6.92 Å². The molecular weight excluding hydrogens is 412 g/mol. The molecule has 3 heterocycles. The van der Waals surface area contributed by atoms with Crippen molar-refractivity contribution >= 4 is 33.3 Å². The van der Waals surface area contributed by atoms with Gasteiger partial charge in [0.2, 0.25) is 16.2 Å². The van der Waals surface area contributed by atoms with Crippen molar-refractivity contribution in [3.63, 3.8) is 0 Å². The molecule has 10 heteroatoms. The van der Waals surface area contributed by atoms with Gasteiger partial charge in [-0.25, -0.2) is 0 Å². The second kappa shape index (κ2) is 9.36. The number of nitrogens with zero attached hydrogens (tertiary/aromatic N) is 6. The number of rotatable bonds is 7. The predicted molar refractivity (Wildman–Crippen MR) is 122 cm³/mol. The summed E-state index contributed by atoms with van der Waals surface area (Å²) in [5, 5.41) is 24.0. The molecule has 2 N–H and O–H groups in total. The number of carbonyl (C=O) groups is 1. The molecule has 162 valence electrons. The van der Waals surface area contributed by atoms with Gasteiger partial charge in [-0.1, -0.05) is 35.6 Å². The zero-order valence-electron chi connectivity index (χ0n) is 17.8. The van der Waals surface area contributed by atoms with Gasteiger partial charge >= 0.3 is 0 Å². The number of amides is 1. The minimum Gasteiger partial charge on any atom is -0.355 e. The molecule has 0 saturated carbocycles. The first-order valence-corrected chi connectivity index (χ1v) is 11.0. The van der Waals surface area contributed by atoms with Crippen molar-refractivity contribution in [2.75, 3.05) is 42.7 Å². The van der Waals surface area contributed by atoms with Gasteiger partial charge in [-0.05, 0) is 50.7 Å². The third kappa shape index (κ3) is 4.97. The SMILES string of the molecule is Cc1ccccc1C(C(=O)Nc1nnc(N[C@@H]2CCN(c3cccnn3)C2)s1)N(C)C. The number of aromatic nitrogens is 4. The molecule has 3 aromatic rings. The number of likely N-dealkylation sites (N-methyl/N-ethyl adjacent to an activating group) is 1. The van der Waals surface area contributed by atoms with E-state index >= 15 is 0 Å². The standard InChI is InChI=1S/C21H26N8OS/c1-14-7-4-5-8-16(14)18(28(2)3)19(30)24-21-27-26-20(31-21)23-15-10-12-29(13-15)17-9-6-11-22-25-17/h4-9,11,15,18H,10,12-13H2,1-3H3,(H,23,26)(H,24,27,30)/t15-,18?/m1/s1. The fourth-order valence-corrected chi connectivity index (χ4v) is 4.50. The van der Waals surface area contributed by atoms with Crippen LogP contribution in [0.4, 0.5) is 16.1 Å². The molecule has 0 spiro atoms. The number of hydrogen-bond donors (Lipinski definition) is 2. The molecule has 2 aromatic heterocycles. The van der Waals surface area contributed by atoms with Crippen LogP contribution in [-0.2, 0) is 4.79 Å². The summed E-state index contributed by atoms with van der Waals surface area (Å²) >= 11 is 1.34. The summed E-state index contributed by atoms with van der Waals surface area (Å²) in [5.41, 5.74) is 2.05. The summed E-state index contributed by atoms with van der Waals surface area (Å²) in [7, 11) is 3.79. The van der Waals surface area contributed by atoms with Gasteiger partial charge < -0.3 is 10.2 Å². The van der Waals surface area contributed by atoms with E-state index < -0.39 is 6.04 Å². The van der Waals surface area contributed by atoms with E-state index in [-0.39, 0.29) is 11.9 Å². The van der Waals surface area contributed by atoms with Crippen molar-refractivity contribution in [1.29, 1.82) is 0 Å². The minimum atomic E-state index is -0.406. The van der Waals surface area contributed by atoms with Crippen LogP contribution in [0.25, 0.3) is 0 Å². The number of hydrogen-bond acceptors (Lipinski definition) is 9. The van der Waals surface area contributed by atoms with Gasteiger partial charge in [0.25, 0.3) is 0 Å². The largest absolute Gasteiger partial charge is 0.355 e. The molecule has 2 atom stereocenters. The van der Waals surface area contributed by atoms with Crippen LogP contribution < -0.4 is 15.5 Å². The normalized spacial score (nSPS) is 17.0. The molecule has 1 aromatic carbocycles. The Hall–Kier alpha value is -3.11. The fourth-order valence-electron chi connectivity index (χ4n) is 3.78. The van der Waals surface area contributed by atoms with Crippen molar-refractivity contribution in [2.24, 2.45) is 0 Å². The van der Waals surface area contributed by atoms with Gasteiger partial charge in [0, 0.05) is 25.3 Å². The van der Waals surface area contributed by atoms with Crippen molar-refractivity contribution in [3.05, 3.63) is 53.7 Å². The van der Waals surface area contributed by atoms with E-state index in [0.717, 1.165) is 36.5 Å². The molecule has 4 rings (SSSR count). The van der Waals surface area contributed by atoms with E-state index in [0.29, 0.717) is 10.3 Å². The van der Waals surface area contributed by atoms with Gasteiger partial charge in [-0.15, -0.1) is 15.3 Å². The summed E-state index contributed by atoms with van der Waals surface area (Å²) in [6.07, 6.45) is 2.64. The molecule has 1 unspecified atom stereocenters. The maximum Gasteiger partial charge on any atom is 0.248 e. The van der Waals surface area contributed by atoms with Crippen molar-refractivity contribution in [2.45, 2.75) is 25.4 Å². The monoisotopic (exact) mass is 438 g/mol. The lowest BCUT2D eigenvalue weighted by molar-refractivity contribution is -0.120. The quantitative estimate of drug-likeness (QED) is 0.581. The summed E-state index contributed by atoms with van der Waals surface area (Å²) in [6, 6.07) is 11.6. The second-order valence-corrected chi connectivity index (χ2v) is 8.76. The molecule has 1 saturated heterocycles. The molecule has 1 aliphatic rings. The fraction of sp³-hybridized carbons (Fsp3) is 0.381. The van der Waals surface area contributed by atoms with Crippen LogP contribution >= 0.6 is 11.3 Å². The highest BCUT2D eigenvalue weighted by molar-refractivity contribution is 7.19. The highest BCUT2D eigenvalue weighted by atomic mass is 32.1. The van der Waals surface area contributed by atoms with Crippen LogP contribution in [0.5, 0.6) is 0 Å². The van der Waals surface area contributed by atoms with Gasteiger partial charge in [-0.3, -0.25) is 15.0 Å². The van der Waals surface area contributed by atoms with E-state index in [1.54, 1.807) is 6.20 Å². The predicted octanol–water partition coefficient (Wildman–Crippen LogP) is 2.57. The zero-order chi connectivity index (χ0) is 21.8. The Labute approximate surface area is 185 Å². The van der Waals surface area contributed by atoms with Crippen LogP contribution in [0.15, 0.2) is 42.6 Å². The lowest BCUT2D eigenvalue weighted by Crippen LogP contribution is -2.32. The first kappa shape index (κ1) is 21.1. The number of aryl methyl sites for hydroxylation is 1. The number of nitrogens with one attached hydrogen (secondary N) is 2. The Kier molecular flexibility index (Phi) is 6.38. The first-order chi connectivity index (χ1) is 15.0. The van der Waals surface area contributed by atoms with Gasteiger partial charge in [0.05, 0.1) is 0 Å². The highest BCUT2D eigenvalue weighted by Gasteiger charge is 2.27. The van der Waals surface area contributed by atoms with E-state index in [1.165, 1.54) is 11.3 Å². The van der Waals surface area contributed by atoms with Gasteiger partial charge in [0.15, 0.2) is 5.82 Å². The molecular formula is C21H26N8OS. The van der Waals surface area contributed by atoms with Crippen LogP contribution in [0.1, 0.15) is 23.6 Å². The number of carbonyl (C=O) groups excluding carboxylic acids is 1. The molecule has 1 amide bonds. The maximum atomic E-state index is 13.0. The van der Waals surface area contributed by atoms with E-state index in [1.807, 2.05) is 62.3 Å². The van der Waals surface area contributed by atoms with Crippen molar-refractivity contribution in [3.8, 4) is 0 Å².